The number of hydrogen-bond donors (Lipinski definition) is 0. The third-order valence-corrected chi connectivity index (χ3v) is 5.36. The average Bonchev–Trinajstić information content (AvgIpc) is 2.86. The van der Waals surface area contributed by atoms with Gasteiger partial charge in [-0.1, -0.05) is 23.2 Å². The van der Waals surface area contributed by atoms with Gasteiger partial charge in [0.2, 0.25) is 5.91 Å². The van der Waals surface area contributed by atoms with Crippen molar-refractivity contribution in [2.45, 2.75) is 39.5 Å². The van der Waals surface area contributed by atoms with Crippen molar-refractivity contribution in [1.29, 1.82) is 0 Å². The highest BCUT2D eigenvalue weighted by atomic mass is 35.5. The van der Waals surface area contributed by atoms with Crippen molar-refractivity contribution in [3.8, 4) is 5.69 Å². The summed E-state index contributed by atoms with van der Waals surface area (Å²) in [5, 5.41) is 5.60. The van der Waals surface area contributed by atoms with Gasteiger partial charge in [-0.15, -0.1) is 0 Å². The third kappa shape index (κ3) is 3.45. The second-order valence-corrected chi connectivity index (χ2v) is 7.09. The fourth-order valence-corrected chi connectivity index (χ4v) is 3.50. The molecule has 1 aliphatic rings. The molecule has 0 radical (unpaired) electrons. The van der Waals surface area contributed by atoms with Crippen LogP contribution in [0, 0.1) is 13.8 Å². The van der Waals surface area contributed by atoms with E-state index >= 15 is 0 Å². The Morgan fingerprint density at radius 2 is 1.83 bits per heavy atom. The van der Waals surface area contributed by atoms with Crippen LogP contribution in [0.1, 0.15) is 36.2 Å². The van der Waals surface area contributed by atoms with Gasteiger partial charge < -0.3 is 4.90 Å². The fourth-order valence-electron chi connectivity index (χ4n) is 3.21. The maximum Gasteiger partial charge on any atom is 0.227 e. The summed E-state index contributed by atoms with van der Waals surface area (Å²) in [7, 11) is 0. The van der Waals surface area contributed by atoms with E-state index in [0.29, 0.717) is 16.5 Å². The Morgan fingerprint density at radius 1 is 1.12 bits per heavy atom. The van der Waals surface area contributed by atoms with E-state index < -0.39 is 0 Å². The molecule has 1 fully saturated rings. The van der Waals surface area contributed by atoms with E-state index in [-0.39, 0.29) is 5.91 Å². The van der Waals surface area contributed by atoms with Gasteiger partial charge in [0.25, 0.3) is 0 Å². The molecular formula is C18H21Cl2N3O. The van der Waals surface area contributed by atoms with Crippen LogP contribution in [0.15, 0.2) is 18.2 Å². The smallest absolute Gasteiger partial charge is 0.227 e. The first kappa shape index (κ1) is 17.3. The number of hydrogen-bond acceptors (Lipinski definition) is 2. The van der Waals surface area contributed by atoms with E-state index in [9.17, 15) is 4.79 Å². The van der Waals surface area contributed by atoms with Crippen LogP contribution in [0.25, 0.3) is 5.69 Å². The highest BCUT2D eigenvalue weighted by Crippen LogP contribution is 2.26. The Hall–Kier alpha value is -1.52. The molecule has 1 saturated heterocycles. The zero-order valence-corrected chi connectivity index (χ0v) is 15.5. The van der Waals surface area contributed by atoms with Crippen molar-refractivity contribution in [2.24, 2.45) is 0 Å². The van der Waals surface area contributed by atoms with Crippen molar-refractivity contribution >= 4 is 29.1 Å². The Balaban J connectivity index is 1.86. The molecule has 4 nitrogen and oxygen atoms in total. The highest BCUT2D eigenvalue weighted by Gasteiger charge is 2.21. The number of amides is 1. The average molecular weight is 366 g/mol. The summed E-state index contributed by atoms with van der Waals surface area (Å²) in [5.41, 5.74) is 3.69. The Bertz CT molecular complexity index is 764. The van der Waals surface area contributed by atoms with Crippen LogP contribution in [0.3, 0.4) is 0 Å². The molecule has 0 atom stereocenters. The van der Waals surface area contributed by atoms with Crippen molar-refractivity contribution in [3.63, 3.8) is 0 Å². The van der Waals surface area contributed by atoms with Gasteiger partial charge >= 0.3 is 0 Å². The Kier molecular flexibility index (Phi) is 5.16. The first-order chi connectivity index (χ1) is 11.5. The number of carbonyl (C=O) groups is 1. The van der Waals surface area contributed by atoms with E-state index in [0.717, 1.165) is 48.6 Å². The lowest BCUT2D eigenvalue weighted by atomic mass is 10.1. The van der Waals surface area contributed by atoms with Crippen LogP contribution < -0.4 is 0 Å². The predicted molar refractivity (Wildman–Crippen MR) is 97.2 cm³/mol. The summed E-state index contributed by atoms with van der Waals surface area (Å²) in [5.74, 6) is 0.189. The van der Waals surface area contributed by atoms with Crippen LogP contribution in [0.5, 0.6) is 0 Å². The molecular weight excluding hydrogens is 345 g/mol. The maximum atomic E-state index is 12.6. The summed E-state index contributed by atoms with van der Waals surface area (Å²) in [6, 6.07) is 5.43. The fraction of sp³-hybridized carbons (Fsp3) is 0.444. The van der Waals surface area contributed by atoms with Crippen molar-refractivity contribution in [3.05, 3.63) is 45.2 Å². The number of nitrogens with zero attached hydrogens (tertiary/aromatic N) is 3. The molecule has 0 spiro atoms. The summed E-state index contributed by atoms with van der Waals surface area (Å²) in [6.45, 7) is 5.68. The number of aryl methyl sites for hydroxylation is 1. The Labute approximate surface area is 152 Å². The summed E-state index contributed by atoms with van der Waals surface area (Å²) < 4.78 is 1.83. The molecule has 0 bridgehead atoms. The molecule has 0 N–H and O–H groups in total. The minimum atomic E-state index is 0.189. The number of aromatic nitrogens is 2. The lowest BCUT2D eigenvalue weighted by molar-refractivity contribution is -0.131. The second kappa shape index (κ2) is 7.16. The van der Waals surface area contributed by atoms with Gasteiger partial charge in [0, 0.05) is 24.3 Å². The molecule has 1 aromatic carbocycles. The van der Waals surface area contributed by atoms with Crippen molar-refractivity contribution < 1.29 is 4.79 Å². The van der Waals surface area contributed by atoms with E-state index in [2.05, 4.69) is 5.10 Å². The molecule has 6 heteroatoms. The molecule has 3 rings (SSSR count). The molecule has 2 heterocycles. The lowest BCUT2D eigenvalue weighted by Gasteiger charge is -2.26. The van der Waals surface area contributed by atoms with Crippen molar-refractivity contribution in [1.82, 2.24) is 14.7 Å². The molecule has 2 aromatic rings. The van der Waals surface area contributed by atoms with E-state index in [1.54, 1.807) is 12.1 Å². The molecule has 1 aliphatic heterocycles. The second-order valence-electron chi connectivity index (χ2n) is 6.28. The van der Waals surface area contributed by atoms with Crippen LogP contribution in [-0.4, -0.2) is 33.7 Å². The largest absolute Gasteiger partial charge is 0.342 e. The third-order valence-electron chi connectivity index (χ3n) is 4.63. The number of rotatable bonds is 3. The van der Waals surface area contributed by atoms with Crippen LogP contribution >= 0.6 is 23.2 Å². The molecule has 24 heavy (non-hydrogen) atoms. The first-order valence-electron chi connectivity index (χ1n) is 8.25. The van der Waals surface area contributed by atoms with Gasteiger partial charge in [-0.3, -0.25) is 4.79 Å². The quantitative estimate of drug-likeness (QED) is 0.810. The standard InChI is InChI=1S/C18H21Cl2N3O/c1-12-15(11-18(24)22-8-4-3-5-9-22)13(2)23(21-12)14-6-7-16(19)17(20)10-14/h6-7,10H,3-5,8-9,11H2,1-2H3. The van der Waals surface area contributed by atoms with Gasteiger partial charge in [0.15, 0.2) is 0 Å². The highest BCUT2D eigenvalue weighted by molar-refractivity contribution is 6.42. The van der Waals surface area contributed by atoms with Gasteiger partial charge in [-0.25, -0.2) is 4.68 Å². The molecule has 1 amide bonds. The number of carbonyl (C=O) groups excluding carboxylic acids is 1. The van der Waals surface area contributed by atoms with E-state index in [1.165, 1.54) is 6.42 Å². The Morgan fingerprint density at radius 3 is 2.50 bits per heavy atom. The van der Waals surface area contributed by atoms with Gasteiger partial charge in [0.1, 0.15) is 0 Å². The number of halogens is 2. The monoisotopic (exact) mass is 365 g/mol. The SMILES string of the molecule is Cc1nn(-c2ccc(Cl)c(Cl)c2)c(C)c1CC(=O)N1CCCCC1. The van der Waals surface area contributed by atoms with Crippen molar-refractivity contribution in [2.75, 3.05) is 13.1 Å². The molecule has 0 unspecified atom stereocenters. The minimum Gasteiger partial charge on any atom is -0.342 e. The van der Waals surface area contributed by atoms with Gasteiger partial charge in [0.05, 0.1) is 27.8 Å². The first-order valence-corrected chi connectivity index (χ1v) is 9.01. The molecule has 1 aromatic heterocycles. The number of likely N-dealkylation sites (tertiary alicyclic amines) is 1. The van der Waals surface area contributed by atoms with Crippen LogP contribution in [0.4, 0.5) is 0 Å². The zero-order chi connectivity index (χ0) is 17.3. The lowest BCUT2D eigenvalue weighted by Crippen LogP contribution is -2.36. The van der Waals surface area contributed by atoms with Gasteiger partial charge in [-0.2, -0.15) is 5.10 Å². The van der Waals surface area contributed by atoms with E-state index in [1.807, 2.05) is 29.5 Å². The number of piperidine rings is 1. The topological polar surface area (TPSA) is 38.1 Å². The van der Waals surface area contributed by atoms with Gasteiger partial charge in [-0.05, 0) is 51.3 Å². The molecule has 0 aliphatic carbocycles. The summed E-state index contributed by atoms with van der Waals surface area (Å²) in [6.07, 6.45) is 3.83. The zero-order valence-electron chi connectivity index (χ0n) is 14.0. The van der Waals surface area contributed by atoms with Crippen LogP contribution in [0.2, 0.25) is 10.0 Å². The summed E-state index contributed by atoms with van der Waals surface area (Å²) >= 11 is 12.1. The summed E-state index contributed by atoms with van der Waals surface area (Å²) in [4.78, 5) is 14.5. The maximum absolute atomic E-state index is 12.6. The normalized spacial score (nSPS) is 14.9. The minimum absolute atomic E-state index is 0.189. The predicted octanol–water partition coefficient (Wildman–Crippen LogP) is 4.35. The van der Waals surface area contributed by atoms with E-state index in [4.69, 9.17) is 23.2 Å². The number of benzene rings is 1. The molecule has 0 saturated carbocycles. The van der Waals surface area contributed by atoms with Crippen LogP contribution in [-0.2, 0) is 11.2 Å². The molecule has 128 valence electrons.